The third kappa shape index (κ3) is 5.59. The van der Waals surface area contributed by atoms with E-state index in [1.54, 1.807) is 13.8 Å². The number of carbonyl (C=O) groups is 4. The summed E-state index contributed by atoms with van der Waals surface area (Å²) in [6, 6.07) is 3.30. The molecular weight excluding hydrogens is 328 g/mol. The van der Waals surface area contributed by atoms with Gasteiger partial charge < -0.3 is 20.1 Å². The Kier molecular flexibility index (Phi) is 7.10. The molecule has 8 nitrogen and oxygen atoms in total. The van der Waals surface area contributed by atoms with Crippen molar-refractivity contribution < 1.29 is 28.7 Å². The van der Waals surface area contributed by atoms with Gasteiger partial charge in [0.05, 0.1) is 25.3 Å². The van der Waals surface area contributed by atoms with Crippen molar-refractivity contribution in [2.75, 3.05) is 19.5 Å². The summed E-state index contributed by atoms with van der Waals surface area (Å²) < 4.78 is 9.28. The van der Waals surface area contributed by atoms with Gasteiger partial charge >= 0.3 is 11.9 Å². The summed E-state index contributed by atoms with van der Waals surface area (Å²) in [5.41, 5.74) is 0.381. The summed E-state index contributed by atoms with van der Waals surface area (Å²) in [6.45, 7) is 4.88. The fraction of sp³-hybridized carbons (Fsp3) is 0.412. The minimum Gasteiger partial charge on any atom is -0.465 e. The molecule has 0 fully saturated rings. The molecule has 0 spiro atoms. The summed E-state index contributed by atoms with van der Waals surface area (Å²) in [6.07, 6.45) is 0. The Labute approximate surface area is 145 Å². The Morgan fingerprint density at radius 3 is 1.76 bits per heavy atom. The normalized spacial score (nSPS) is 11.4. The molecule has 136 valence electrons. The van der Waals surface area contributed by atoms with E-state index in [-0.39, 0.29) is 28.6 Å². The highest BCUT2D eigenvalue weighted by Crippen LogP contribution is 2.18. The Morgan fingerprint density at radius 2 is 1.40 bits per heavy atom. The first-order valence-corrected chi connectivity index (χ1v) is 7.59. The minimum absolute atomic E-state index is 0.0846. The highest BCUT2D eigenvalue weighted by Gasteiger charge is 2.24. The molecule has 0 aliphatic heterocycles. The zero-order valence-corrected chi connectivity index (χ0v) is 14.8. The number of methoxy groups -OCH3 is 2. The van der Waals surface area contributed by atoms with Crippen molar-refractivity contribution in [1.29, 1.82) is 0 Å². The van der Waals surface area contributed by atoms with Crippen LogP contribution in [0.4, 0.5) is 5.69 Å². The smallest absolute Gasteiger partial charge is 0.337 e. The van der Waals surface area contributed by atoms with Crippen LogP contribution < -0.4 is 10.6 Å². The second-order valence-corrected chi connectivity index (χ2v) is 5.69. The lowest BCUT2D eigenvalue weighted by atomic mass is 10.0. The number of hydrogen-bond acceptors (Lipinski definition) is 6. The van der Waals surface area contributed by atoms with Crippen molar-refractivity contribution in [2.45, 2.75) is 26.8 Å². The van der Waals surface area contributed by atoms with Gasteiger partial charge in [0.1, 0.15) is 6.04 Å². The summed E-state index contributed by atoms with van der Waals surface area (Å²) in [5, 5.41) is 5.16. The molecule has 0 bridgehead atoms. The van der Waals surface area contributed by atoms with E-state index in [0.29, 0.717) is 0 Å². The molecule has 0 heterocycles. The van der Waals surface area contributed by atoms with E-state index in [0.717, 1.165) is 0 Å². The molecule has 1 aromatic carbocycles. The van der Waals surface area contributed by atoms with Crippen LogP contribution >= 0.6 is 0 Å². The molecule has 8 heteroatoms. The summed E-state index contributed by atoms with van der Waals surface area (Å²) in [4.78, 5) is 47.2. The van der Waals surface area contributed by atoms with Crippen molar-refractivity contribution in [2.24, 2.45) is 5.92 Å². The highest BCUT2D eigenvalue weighted by molar-refractivity contribution is 6.01. The van der Waals surface area contributed by atoms with Gasteiger partial charge in [-0.25, -0.2) is 9.59 Å². The maximum atomic E-state index is 12.4. The van der Waals surface area contributed by atoms with E-state index in [1.807, 2.05) is 0 Å². The van der Waals surface area contributed by atoms with Gasteiger partial charge in [-0.05, 0) is 24.1 Å². The van der Waals surface area contributed by atoms with Crippen molar-refractivity contribution in [3.05, 3.63) is 29.3 Å². The number of carbonyl (C=O) groups excluding carboxylic acids is 4. The van der Waals surface area contributed by atoms with Gasteiger partial charge in [-0.2, -0.15) is 0 Å². The molecule has 0 unspecified atom stereocenters. The van der Waals surface area contributed by atoms with Crippen LogP contribution in [-0.4, -0.2) is 44.0 Å². The number of amides is 2. The largest absolute Gasteiger partial charge is 0.465 e. The molecule has 0 aliphatic carbocycles. The number of ether oxygens (including phenoxy) is 2. The standard InChI is InChI=1S/C17H22N2O6/c1-9(2)14(18-10(3)20)15(21)19-13-7-11(16(22)24-4)6-12(8-13)17(23)25-5/h6-9,14H,1-5H3,(H,18,20)(H,19,21)/t14-/m0/s1. The number of benzene rings is 1. The lowest BCUT2D eigenvalue weighted by Crippen LogP contribution is -2.46. The maximum absolute atomic E-state index is 12.4. The molecule has 2 amide bonds. The van der Waals surface area contributed by atoms with Gasteiger partial charge in [0, 0.05) is 12.6 Å². The molecule has 0 saturated heterocycles. The fourth-order valence-corrected chi connectivity index (χ4v) is 2.15. The predicted octanol–water partition coefficient (Wildman–Crippen LogP) is 1.36. The first-order valence-electron chi connectivity index (χ1n) is 7.59. The molecule has 1 rings (SSSR count). The highest BCUT2D eigenvalue weighted by atomic mass is 16.5. The van der Waals surface area contributed by atoms with E-state index in [4.69, 9.17) is 0 Å². The Hall–Kier alpha value is -2.90. The second-order valence-electron chi connectivity index (χ2n) is 5.69. The van der Waals surface area contributed by atoms with Crippen LogP contribution in [0.25, 0.3) is 0 Å². The van der Waals surface area contributed by atoms with E-state index in [9.17, 15) is 19.2 Å². The quantitative estimate of drug-likeness (QED) is 0.750. The maximum Gasteiger partial charge on any atom is 0.337 e. The van der Waals surface area contributed by atoms with Crippen LogP contribution in [0.15, 0.2) is 18.2 Å². The molecule has 0 saturated carbocycles. The predicted molar refractivity (Wildman–Crippen MR) is 90.2 cm³/mol. The van der Waals surface area contributed by atoms with E-state index in [2.05, 4.69) is 20.1 Å². The lowest BCUT2D eigenvalue weighted by Gasteiger charge is -2.21. The van der Waals surface area contributed by atoms with Gasteiger partial charge in [0.2, 0.25) is 11.8 Å². The molecule has 0 radical (unpaired) electrons. The lowest BCUT2D eigenvalue weighted by molar-refractivity contribution is -0.126. The Morgan fingerprint density at radius 1 is 0.920 bits per heavy atom. The topological polar surface area (TPSA) is 111 Å². The molecule has 1 atom stereocenters. The van der Waals surface area contributed by atoms with Crippen molar-refractivity contribution in [3.8, 4) is 0 Å². The summed E-state index contributed by atoms with van der Waals surface area (Å²) in [5.74, 6) is -2.30. The first-order chi connectivity index (χ1) is 11.7. The third-order valence-corrected chi connectivity index (χ3v) is 3.35. The van der Waals surface area contributed by atoms with Crippen LogP contribution in [0.2, 0.25) is 0 Å². The first kappa shape index (κ1) is 20.1. The summed E-state index contributed by atoms with van der Waals surface area (Å²) >= 11 is 0. The minimum atomic E-state index is -0.763. The van der Waals surface area contributed by atoms with Crippen molar-refractivity contribution in [3.63, 3.8) is 0 Å². The van der Waals surface area contributed by atoms with E-state index >= 15 is 0 Å². The van der Waals surface area contributed by atoms with Crippen LogP contribution in [0.3, 0.4) is 0 Å². The third-order valence-electron chi connectivity index (χ3n) is 3.35. The van der Waals surface area contributed by atoms with Gasteiger partial charge in [-0.3, -0.25) is 9.59 Å². The molecule has 2 N–H and O–H groups in total. The van der Waals surface area contributed by atoms with Gasteiger partial charge in [0.25, 0.3) is 0 Å². The Balaban J connectivity index is 3.18. The number of nitrogens with one attached hydrogen (secondary N) is 2. The van der Waals surface area contributed by atoms with Crippen LogP contribution in [0.5, 0.6) is 0 Å². The molecular formula is C17H22N2O6. The molecule has 0 aliphatic rings. The fourth-order valence-electron chi connectivity index (χ4n) is 2.15. The zero-order chi connectivity index (χ0) is 19.1. The second kappa shape index (κ2) is 8.81. The van der Waals surface area contributed by atoms with Gasteiger partial charge in [-0.1, -0.05) is 13.8 Å². The van der Waals surface area contributed by atoms with Crippen LogP contribution in [0, 0.1) is 5.92 Å². The molecule has 0 aromatic heterocycles. The van der Waals surface area contributed by atoms with E-state index in [1.165, 1.54) is 39.3 Å². The van der Waals surface area contributed by atoms with Crippen molar-refractivity contribution in [1.82, 2.24) is 5.32 Å². The number of rotatable bonds is 6. The number of esters is 2. The van der Waals surface area contributed by atoms with E-state index < -0.39 is 23.9 Å². The number of anilines is 1. The average molecular weight is 350 g/mol. The monoisotopic (exact) mass is 350 g/mol. The SMILES string of the molecule is COC(=O)c1cc(NC(=O)[C@@H](NC(C)=O)C(C)C)cc(C(=O)OC)c1. The molecule has 25 heavy (non-hydrogen) atoms. The average Bonchev–Trinajstić information content (AvgIpc) is 2.57. The van der Waals surface area contributed by atoms with Gasteiger partial charge in [-0.15, -0.1) is 0 Å². The van der Waals surface area contributed by atoms with Gasteiger partial charge in [0.15, 0.2) is 0 Å². The molecule has 1 aromatic rings. The van der Waals surface area contributed by atoms with Crippen LogP contribution in [0.1, 0.15) is 41.5 Å². The summed E-state index contributed by atoms with van der Waals surface area (Å²) in [7, 11) is 2.41. The zero-order valence-electron chi connectivity index (χ0n) is 14.8. The number of hydrogen-bond donors (Lipinski definition) is 2. The van der Waals surface area contributed by atoms with Crippen molar-refractivity contribution >= 4 is 29.4 Å². The van der Waals surface area contributed by atoms with Crippen LogP contribution in [-0.2, 0) is 19.1 Å². The Bertz CT molecular complexity index is 649.